The van der Waals surface area contributed by atoms with Crippen LogP contribution in [0.2, 0.25) is 0 Å². The molecule has 0 aliphatic carbocycles. The van der Waals surface area contributed by atoms with Crippen LogP contribution in [-0.2, 0) is 12.7 Å². The van der Waals surface area contributed by atoms with E-state index in [2.05, 4.69) is 10.3 Å². The Labute approximate surface area is 117 Å². The van der Waals surface area contributed by atoms with E-state index < -0.39 is 23.6 Å². The second-order valence-corrected chi connectivity index (χ2v) is 4.22. The number of alkyl halides is 3. The van der Waals surface area contributed by atoms with Gasteiger partial charge >= 0.3 is 6.18 Å². The number of nitrogens with one attached hydrogen (secondary N) is 1. The van der Waals surface area contributed by atoms with Crippen molar-refractivity contribution in [3.63, 3.8) is 0 Å². The minimum absolute atomic E-state index is 0.142. The van der Waals surface area contributed by atoms with Gasteiger partial charge in [-0.2, -0.15) is 17.6 Å². The van der Waals surface area contributed by atoms with Crippen LogP contribution in [0.5, 0.6) is 0 Å². The number of rotatable bonds is 3. The third kappa shape index (κ3) is 3.77. The summed E-state index contributed by atoms with van der Waals surface area (Å²) in [4.78, 5) is 15.0. The Kier molecular flexibility index (Phi) is 4.21. The number of pyridine rings is 1. The lowest BCUT2D eigenvalue weighted by Gasteiger charge is -2.09. The average molecular weight is 298 g/mol. The molecule has 3 nitrogen and oxygen atoms in total. The topological polar surface area (TPSA) is 42.0 Å². The Bertz CT molecular complexity index is 655. The summed E-state index contributed by atoms with van der Waals surface area (Å²) in [5, 5.41) is 2.35. The summed E-state index contributed by atoms with van der Waals surface area (Å²) < 4.78 is 50.9. The maximum Gasteiger partial charge on any atom is 0.416 e. The Morgan fingerprint density at radius 3 is 2.62 bits per heavy atom. The lowest BCUT2D eigenvalue weighted by Crippen LogP contribution is -2.24. The summed E-state index contributed by atoms with van der Waals surface area (Å²) in [7, 11) is 0. The molecule has 110 valence electrons. The van der Waals surface area contributed by atoms with Crippen molar-refractivity contribution in [1.82, 2.24) is 10.3 Å². The van der Waals surface area contributed by atoms with Gasteiger partial charge in [0.15, 0.2) is 0 Å². The summed E-state index contributed by atoms with van der Waals surface area (Å²) in [6.07, 6.45) is -3.26. The van der Waals surface area contributed by atoms with E-state index in [-0.39, 0.29) is 17.7 Å². The van der Waals surface area contributed by atoms with E-state index >= 15 is 0 Å². The van der Waals surface area contributed by atoms with Crippen LogP contribution >= 0.6 is 0 Å². The van der Waals surface area contributed by atoms with Crippen molar-refractivity contribution in [3.8, 4) is 0 Å². The molecule has 0 radical (unpaired) electrons. The van der Waals surface area contributed by atoms with Crippen LogP contribution in [0.4, 0.5) is 17.6 Å². The van der Waals surface area contributed by atoms with Crippen LogP contribution in [0.15, 0.2) is 42.6 Å². The number of carbonyl (C=O) groups excluding carboxylic acids is 1. The van der Waals surface area contributed by atoms with Gasteiger partial charge in [-0.3, -0.25) is 4.79 Å². The molecule has 1 heterocycles. The van der Waals surface area contributed by atoms with E-state index in [9.17, 15) is 22.4 Å². The first-order chi connectivity index (χ1) is 9.88. The van der Waals surface area contributed by atoms with Crippen LogP contribution in [0.3, 0.4) is 0 Å². The predicted molar refractivity (Wildman–Crippen MR) is 66.8 cm³/mol. The van der Waals surface area contributed by atoms with E-state index in [0.717, 1.165) is 12.1 Å². The SMILES string of the molecule is O=C(NCc1cccc(C(F)(F)F)c1)c1cccnc1F. The predicted octanol–water partition coefficient (Wildman–Crippen LogP) is 3.17. The van der Waals surface area contributed by atoms with E-state index in [4.69, 9.17) is 0 Å². The van der Waals surface area contributed by atoms with Crippen LogP contribution in [0.25, 0.3) is 0 Å². The second-order valence-electron chi connectivity index (χ2n) is 4.22. The number of halogens is 4. The maximum absolute atomic E-state index is 13.3. The number of amides is 1. The number of carbonyl (C=O) groups is 1. The zero-order valence-corrected chi connectivity index (χ0v) is 10.6. The lowest BCUT2D eigenvalue weighted by molar-refractivity contribution is -0.137. The molecular weight excluding hydrogens is 288 g/mol. The zero-order chi connectivity index (χ0) is 15.5. The first-order valence-electron chi connectivity index (χ1n) is 5.93. The fraction of sp³-hybridized carbons (Fsp3) is 0.143. The van der Waals surface area contributed by atoms with E-state index in [1.54, 1.807) is 0 Å². The molecule has 1 aromatic carbocycles. The van der Waals surface area contributed by atoms with Crippen molar-refractivity contribution in [1.29, 1.82) is 0 Å². The Balaban J connectivity index is 2.07. The normalized spacial score (nSPS) is 11.2. The van der Waals surface area contributed by atoms with Crippen LogP contribution in [-0.4, -0.2) is 10.9 Å². The molecule has 0 bridgehead atoms. The molecule has 0 unspecified atom stereocenters. The third-order valence-electron chi connectivity index (χ3n) is 2.71. The van der Waals surface area contributed by atoms with Gasteiger partial charge in [0.25, 0.3) is 5.91 Å². The third-order valence-corrected chi connectivity index (χ3v) is 2.71. The molecule has 2 aromatic rings. The maximum atomic E-state index is 13.3. The van der Waals surface area contributed by atoms with Crippen molar-refractivity contribution >= 4 is 5.91 Å². The number of nitrogens with zero attached hydrogens (tertiary/aromatic N) is 1. The van der Waals surface area contributed by atoms with Gasteiger partial charge < -0.3 is 5.32 Å². The van der Waals surface area contributed by atoms with Gasteiger partial charge in [0.05, 0.1) is 11.1 Å². The summed E-state index contributed by atoms with van der Waals surface area (Å²) in [6.45, 7) is -0.142. The first-order valence-corrected chi connectivity index (χ1v) is 5.93. The molecule has 1 aromatic heterocycles. The smallest absolute Gasteiger partial charge is 0.348 e. The molecule has 0 spiro atoms. The molecule has 0 atom stereocenters. The molecule has 2 rings (SSSR count). The molecule has 0 aliphatic rings. The van der Waals surface area contributed by atoms with Crippen molar-refractivity contribution in [3.05, 3.63) is 65.2 Å². The minimum Gasteiger partial charge on any atom is -0.348 e. The Morgan fingerprint density at radius 1 is 1.19 bits per heavy atom. The van der Waals surface area contributed by atoms with Gasteiger partial charge in [-0.1, -0.05) is 12.1 Å². The van der Waals surface area contributed by atoms with Gasteiger partial charge in [-0.25, -0.2) is 4.98 Å². The Morgan fingerprint density at radius 2 is 1.95 bits per heavy atom. The number of benzene rings is 1. The molecule has 1 amide bonds. The summed E-state index contributed by atoms with van der Waals surface area (Å²) in [5.74, 6) is -1.67. The average Bonchev–Trinajstić information content (AvgIpc) is 2.45. The number of hydrogen-bond donors (Lipinski definition) is 1. The highest BCUT2D eigenvalue weighted by Crippen LogP contribution is 2.29. The summed E-state index contributed by atoms with van der Waals surface area (Å²) >= 11 is 0. The largest absolute Gasteiger partial charge is 0.416 e. The fourth-order valence-corrected chi connectivity index (χ4v) is 1.69. The van der Waals surface area contributed by atoms with Gasteiger partial charge in [0.1, 0.15) is 0 Å². The van der Waals surface area contributed by atoms with Gasteiger partial charge in [0.2, 0.25) is 5.95 Å². The van der Waals surface area contributed by atoms with Gasteiger partial charge in [0, 0.05) is 12.7 Å². The second kappa shape index (κ2) is 5.90. The van der Waals surface area contributed by atoms with Gasteiger partial charge in [-0.05, 0) is 29.8 Å². The quantitative estimate of drug-likeness (QED) is 0.698. The molecule has 0 fully saturated rings. The van der Waals surface area contributed by atoms with Crippen molar-refractivity contribution in [2.75, 3.05) is 0 Å². The van der Waals surface area contributed by atoms with Gasteiger partial charge in [-0.15, -0.1) is 0 Å². The highest BCUT2D eigenvalue weighted by atomic mass is 19.4. The molecular formula is C14H10F4N2O. The van der Waals surface area contributed by atoms with Crippen LogP contribution in [0.1, 0.15) is 21.5 Å². The molecule has 0 saturated heterocycles. The van der Waals surface area contributed by atoms with E-state index in [1.165, 1.54) is 30.5 Å². The highest BCUT2D eigenvalue weighted by Gasteiger charge is 2.30. The minimum atomic E-state index is -4.45. The van der Waals surface area contributed by atoms with Crippen molar-refractivity contribution in [2.24, 2.45) is 0 Å². The molecule has 1 N–H and O–H groups in total. The standard InChI is InChI=1S/C14H10F4N2O/c15-12-11(5-2-6-19-12)13(21)20-8-9-3-1-4-10(7-9)14(16,17)18/h1-7H,8H2,(H,20,21). The molecule has 21 heavy (non-hydrogen) atoms. The number of aromatic nitrogens is 1. The fourth-order valence-electron chi connectivity index (χ4n) is 1.69. The molecule has 0 aliphatic heterocycles. The van der Waals surface area contributed by atoms with Crippen molar-refractivity contribution in [2.45, 2.75) is 12.7 Å². The Hall–Kier alpha value is -2.44. The summed E-state index contributed by atoms with van der Waals surface area (Å²) in [6, 6.07) is 7.18. The molecule has 7 heteroatoms. The van der Waals surface area contributed by atoms with E-state index in [1.807, 2.05) is 0 Å². The van der Waals surface area contributed by atoms with Crippen LogP contribution < -0.4 is 5.32 Å². The first kappa shape index (κ1) is 15.0. The van der Waals surface area contributed by atoms with Crippen molar-refractivity contribution < 1.29 is 22.4 Å². The monoisotopic (exact) mass is 298 g/mol. The highest BCUT2D eigenvalue weighted by molar-refractivity contribution is 5.94. The van der Waals surface area contributed by atoms with Crippen LogP contribution in [0, 0.1) is 5.95 Å². The lowest BCUT2D eigenvalue weighted by atomic mass is 10.1. The number of hydrogen-bond acceptors (Lipinski definition) is 2. The molecule has 0 saturated carbocycles. The summed E-state index contributed by atoms with van der Waals surface area (Å²) in [5.41, 5.74) is -0.797. The van der Waals surface area contributed by atoms with E-state index in [0.29, 0.717) is 0 Å². The zero-order valence-electron chi connectivity index (χ0n) is 10.6.